The SMILES string of the molecule is C=CC(=O)Nc1cc(Nc2cc(N3OCCC3c3cccc(F)c3F)ncn2)c(OC)cc1N1CCN(CC)CC1. The lowest BCUT2D eigenvalue weighted by Crippen LogP contribution is -2.46. The third kappa shape index (κ3) is 6.08. The molecule has 0 spiro atoms. The Hall–Kier alpha value is -4.29. The van der Waals surface area contributed by atoms with E-state index in [0.717, 1.165) is 44.5 Å². The highest BCUT2D eigenvalue weighted by molar-refractivity contribution is 6.02. The number of carbonyl (C=O) groups is 1. The third-order valence-electron chi connectivity index (χ3n) is 7.31. The zero-order chi connectivity index (χ0) is 28.9. The molecule has 3 heterocycles. The second-order valence-electron chi connectivity index (χ2n) is 9.68. The van der Waals surface area contributed by atoms with E-state index in [1.165, 1.54) is 23.5 Å². The Labute approximate surface area is 237 Å². The van der Waals surface area contributed by atoms with Crippen molar-refractivity contribution in [3.63, 3.8) is 0 Å². The molecule has 5 rings (SSSR count). The molecule has 10 nitrogen and oxygen atoms in total. The second-order valence-corrected chi connectivity index (χ2v) is 9.68. The molecule has 41 heavy (non-hydrogen) atoms. The quantitative estimate of drug-likeness (QED) is 0.360. The van der Waals surface area contributed by atoms with Gasteiger partial charge in [0.1, 0.15) is 17.9 Å². The van der Waals surface area contributed by atoms with Crippen molar-refractivity contribution in [3.05, 3.63) is 72.6 Å². The number of aromatic nitrogens is 2. The van der Waals surface area contributed by atoms with Crippen LogP contribution in [-0.4, -0.2) is 67.2 Å². The van der Waals surface area contributed by atoms with Crippen molar-refractivity contribution in [1.82, 2.24) is 14.9 Å². The number of likely N-dealkylation sites (N-methyl/N-ethyl adjacent to an activating group) is 1. The van der Waals surface area contributed by atoms with Gasteiger partial charge in [-0.1, -0.05) is 25.6 Å². The lowest BCUT2D eigenvalue weighted by Gasteiger charge is -2.36. The number of methoxy groups -OCH3 is 1. The molecule has 12 heteroatoms. The van der Waals surface area contributed by atoms with E-state index >= 15 is 0 Å². The highest BCUT2D eigenvalue weighted by atomic mass is 19.2. The van der Waals surface area contributed by atoms with Gasteiger partial charge in [0.25, 0.3) is 0 Å². The lowest BCUT2D eigenvalue weighted by atomic mass is 10.0. The average Bonchev–Trinajstić information content (AvgIpc) is 3.49. The molecule has 0 aliphatic carbocycles. The number of benzene rings is 2. The van der Waals surface area contributed by atoms with Crippen LogP contribution in [-0.2, 0) is 9.63 Å². The Morgan fingerprint density at radius 1 is 1.17 bits per heavy atom. The number of hydrogen-bond donors (Lipinski definition) is 2. The number of carbonyl (C=O) groups excluding carboxylic acids is 1. The van der Waals surface area contributed by atoms with E-state index in [0.29, 0.717) is 41.8 Å². The number of rotatable bonds is 9. The number of hydroxylamine groups is 1. The van der Waals surface area contributed by atoms with Gasteiger partial charge < -0.3 is 25.2 Å². The van der Waals surface area contributed by atoms with Crippen molar-refractivity contribution in [2.75, 3.05) is 67.0 Å². The van der Waals surface area contributed by atoms with Gasteiger partial charge in [0.05, 0.1) is 36.8 Å². The molecule has 1 unspecified atom stereocenters. The topological polar surface area (TPSA) is 95.1 Å². The monoisotopic (exact) mass is 565 g/mol. The fourth-order valence-electron chi connectivity index (χ4n) is 5.12. The van der Waals surface area contributed by atoms with Crippen molar-refractivity contribution in [2.45, 2.75) is 19.4 Å². The van der Waals surface area contributed by atoms with E-state index in [1.807, 2.05) is 6.07 Å². The summed E-state index contributed by atoms with van der Waals surface area (Å²) < 4.78 is 34.2. The molecule has 0 saturated carbocycles. The fraction of sp³-hybridized carbons (Fsp3) is 0.345. The van der Waals surface area contributed by atoms with Crippen LogP contribution >= 0.6 is 0 Å². The minimum absolute atomic E-state index is 0.190. The normalized spacial score (nSPS) is 17.4. The zero-order valence-corrected chi connectivity index (χ0v) is 23.1. The van der Waals surface area contributed by atoms with Crippen LogP contribution in [0.1, 0.15) is 24.9 Å². The summed E-state index contributed by atoms with van der Waals surface area (Å²) in [5.74, 6) is -0.824. The standard InChI is InChI=1S/C29H33F2N7O3/c1-4-28(39)35-21-15-22(25(40-3)16-24(21)37-12-10-36(5-2)11-13-37)34-26-17-27(33-18-32-26)38-23(9-14-41-38)19-7-6-8-20(30)29(19)31/h4,6-8,15-18,23H,1,5,9-14H2,2-3H3,(H,35,39)(H,32,33,34). The molecular weight excluding hydrogens is 532 g/mol. The summed E-state index contributed by atoms with van der Waals surface area (Å²) >= 11 is 0. The number of anilines is 5. The Bertz CT molecular complexity index is 1420. The maximum absolute atomic E-state index is 14.6. The van der Waals surface area contributed by atoms with Crippen LogP contribution in [0.4, 0.5) is 37.5 Å². The molecule has 2 N–H and O–H groups in total. The zero-order valence-electron chi connectivity index (χ0n) is 23.1. The minimum Gasteiger partial charge on any atom is -0.494 e. The van der Waals surface area contributed by atoms with Gasteiger partial charge in [-0.3, -0.25) is 9.63 Å². The van der Waals surface area contributed by atoms with Crippen LogP contribution < -0.4 is 25.3 Å². The van der Waals surface area contributed by atoms with Gasteiger partial charge in [0.2, 0.25) is 5.91 Å². The van der Waals surface area contributed by atoms with Gasteiger partial charge in [-0.25, -0.2) is 23.8 Å². The first-order valence-corrected chi connectivity index (χ1v) is 13.5. The number of ether oxygens (including phenoxy) is 1. The maximum atomic E-state index is 14.6. The Morgan fingerprint density at radius 2 is 1.98 bits per heavy atom. The van der Waals surface area contributed by atoms with E-state index in [1.54, 1.807) is 25.3 Å². The molecule has 1 aromatic heterocycles. The highest BCUT2D eigenvalue weighted by Crippen LogP contribution is 2.40. The molecule has 2 saturated heterocycles. The minimum atomic E-state index is -0.915. The number of amides is 1. The number of hydrogen-bond acceptors (Lipinski definition) is 9. The average molecular weight is 566 g/mol. The molecule has 2 fully saturated rings. The maximum Gasteiger partial charge on any atom is 0.247 e. The van der Waals surface area contributed by atoms with Crippen molar-refractivity contribution < 1.29 is 23.1 Å². The lowest BCUT2D eigenvalue weighted by molar-refractivity contribution is -0.111. The van der Waals surface area contributed by atoms with Gasteiger partial charge in [-0.05, 0) is 24.8 Å². The summed E-state index contributed by atoms with van der Waals surface area (Å²) in [7, 11) is 1.57. The first kappa shape index (κ1) is 28.2. The molecule has 0 radical (unpaired) electrons. The molecule has 1 atom stereocenters. The summed E-state index contributed by atoms with van der Waals surface area (Å²) in [5, 5.41) is 7.63. The first-order chi connectivity index (χ1) is 19.9. The number of nitrogens with one attached hydrogen (secondary N) is 2. The van der Waals surface area contributed by atoms with Gasteiger partial charge in [-0.15, -0.1) is 0 Å². The molecular formula is C29H33F2N7O3. The van der Waals surface area contributed by atoms with Gasteiger partial charge in [-0.2, -0.15) is 0 Å². The van der Waals surface area contributed by atoms with Crippen LogP contribution in [0.15, 0.2) is 55.4 Å². The largest absolute Gasteiger partial charge is 0.494 e. The van der Waals surface area contributed by atoms with Crippen molar-refractivity contribution in [2.24, 2.45) is 0 Å². The van der Waals surface area contributed by atoms with Crippen LogP contribution in [0.5, 0.6) is 5.75 Å². The Morgan fingerprint density at radius 3 is 2.71 bits per heavy atom. The fourth-order valence-corrected chi connectivity index (χ4v) is 5.12. The predicted octanol–water partition coefficient (Wildman–Crippen LogP) is 4.66. The summed E-state index contributed by atoms with van der Waals surface area (Å²) in [6, 6.07) is 8.86. The summed E-state index contributed by atoms with van der Waals surface area (Å²) in [6.45, 7) is 10.5. The van der Waals surface area contributed by atoms with Crippen molar-refractivity contribution in [3.8, 4) is 5.75 Å². The van der Waals surface area contributed by atoms with Gasteiger partial charge >= 0.3 is 0 Å². The van der Waals surface area contributed by atoms with Gasteiger partial charge in [0, 0.05) is 50.3 Å². The van der Waals surface area contributed by atoms with E-state index in [2.05, 4.69) is 43.9 Å². The van der Waals surface area contributed by atoms with Gasteiger partial charge in [0.15, 0.2) is 17.5 Å². The molecule has 3 aromatic rings. The van der Waals surface area contributed by atoms with E-state index < -0.39 is 17.7 Å². The molecule has 0 bridgehead atoms. The van der Waals surface area contributed by atoms with E-state index in [-0.39, 0.29) is 11.5 Å². The number of halogens is 2. The Kier molecular flexibility index (Phi) is 8.60. The molecule has 1 amide bonds. The number of nitrogens with zero attached hydrogens (tertiary/aromatic N) is 5. The summed E-state index contributed by atoms with van der Waals surface area (Å²) in [4.78, 5) is 31.3. The molecule has 216 valence electrons. The Balaban J connectivity index is 1.44. The highest BCUT2D eigenvalue weighted by Gasteiger charge is 2.32. The summed E-state index contributed by atoms with van der Waals surface area (Å²) in [6.07, 6.45) is 3.04. The molecule has 2 aliphatic heterocycles. The first-order valence-electron chi connectivity index (χ1n) is 13.5. The summed E-state index contributed by atoms with van der Waals surface area (Å²) in [5.41, 5.74) is 2.19. The third-order valence-corrected chi connectivity index (χ3v) is 7.31. The predicted molar refractivity (Wildman–Crippen MR) is 154 cm³/mol. The molecule has 2 aromatic carbocycles. The van der Waals surface area contributed by atoms with Crippen LogP contribution in [0.3, 0.4) is 0 Å². The van der Waals surface area contributed by atoms with E-state index in [9.17, 15) is 13.6 Å². The number of piperazine rings is 1. The molecule has 2 aliphatic rings. The van der Waals surface area contributed by atoms with Crippen LogP contribution in [0.2, 0.25) is 0 Å². The van der Waals surface area contributed by atoms with Crippen LogP contribution in [0, 0.1) is 11.6 Å². The smallest absolute Gasteiger partial charge is 0.247 e. The van der Waals surface area contributed by atoms with E-state index in [4.69, 9.17) is 9.57 Å². The van der Waals surface area contributed by atoms with Crippen LogP contribution in [0.25, 0.3) is 0 Å². The van der Waals surface area contributed by atoms with Crippen molar-refractivity contribution in [1.29, 1.82) is 0 Å². The second kappa shape index (κ2) is 12.5. The van der Waals surface area contributed by atoms with Crippen molar-refractivity contribution >= 4 is 34.6 Å².